The summed E-state index contributed by atoms with van der Waals surface area (Å²) in [5, 5.41) is 7.11. The molecule has 0 atom stereocenters. The molecule has 90 valence electrons. The summed E-state index contributed by atoms with van der Waals surface area (Å²) in [6.45, 7) is 5.25. The number of aromatic nitrogens is 2. The molecule has 0 fully saturated rings. The molecular weight excluding hydrogens is 218 g/mol. The normalized spacial score (nSPS) is 10.5. The van der Waals surface area contributed by atoms with E-state index in [1.54, 1.807) is 12.1 Å². The average Bonchev–Trinajstić information content (AvgIpc) is 2.95. The molecule has 5 nitrogen and oxygen atoms in total. The molecule has 0 saturated carbocycles. The molecule has 0 aliphatic carbocycles. The van der Waals surface area contributed by atoms with Crippen LogP contribution in [-0.4, -0.2) is 15.7 Å². The fourth-order valence-electron chi connectivity index (χ4n) is 1.56. The first-order valence-electron chi connectivity index (χ1n) is 5.55. The lowest BCUT2D eigenvalue weighted by Gasteiger charge is -2.01. The van der Waals surface area contributed by atoms with Crippen molar-refractivity contribution in [2.24, 2.45) is 0 Å². The molecule has 0 unspecified atom stereocenters. The molecule has 2 aromatic heterocycles. The third-order valence-corrected chi connectivity index (χ3v) is 2.56. The van der Waals surface area contributed by atoms with E-state index in [0.717, 1.165) is 17.8 Å². The van der Waals surface area contributed by atoms with Crippen LogP contribution >= 0.6 is 0 Å². The number of furan rings is 1. The van der Waals surface area contributed by atoms with Gasteiger partial charge in [-0.05, 0) is 26.0 Å². The molecule has 0 radical (unpaired) electrons. The fraction of sp³-hybridized carbons (Fsp3) is 0.333. The molecule has 0 bridgehead atoms. The Balaban J connectivity index is 1.98. The molecular formula is C12H15N3O2. The number of carbonyl (C=O) groups excluding carboxylic acids is 1. The number of nitrogens with one attached hydrogen (secondary N) is 1. The average molecular weight is 233 g/mol. The second-order valence-electron chi connectivity index (χ2n) is 3.76. The Morgan fingerprint density at radius 1 is 1.59 bits per heavy atom. The molecule has 0 aromatic carbocycles. The van der Waals surface area contributed by atoms with Gasteiger partial charge in [0.2, 0.25) is 0 Å². The number of aryl methyl sites for hydroxylation is 2. The zero-order valence-corrected chi connectivity index (χ0v) is 9.93. The zero-order valence-electron chi connectivity index (χ0n) is 9.93. The molecule has 0 aliphatic heterocycles. The standard InChI is InChI=1S/C12H15N3O2/c1-3-15-8-10(9(2)14-15)7-13-12(16)11-5-4-6-17-11/h4-6,8H,3,7H2,1-2H3,(H,13,16). The van der Waals surface area contributed by atoms with E-state index >= 15 is 0 Å². The molecule has 0 aliphatic rings. The third-order valence-electron chi connectivity index (χ3n) is 2.56. The number of carbonyl (C=O) groups is 1. The molecule has 2 rings (SSSR count). The van der Waals surface area contributed by atoms with Gasteiger partial charge in [0, 0.05) is 24.8 Å². The first-order valence-corrected chi connectivity index (χ1v) is 5.55. The van der Waals surface area contributed by atoms with Crippen molar-refractivity contribution < 1.29 is 9.21 Å². The molecule has 0 spiro atoms. The number of hydrogen-bond donors (Lipinski definition) is 1. The lowest BCUT2D eigenvalue weighted by atomic mass is 10.2. The van der Waals surface area contributed by atoms with Gasteiger partial charge in [0.1, 0.15) is 0 Å². The van der Waals surface area contributed by atoms with Crippen LogP contribution in [0.1, 0.15) is 28.7 Å². The predicted molar refractivity (Wildman–Crippen MR) is 62.5 cm³/mol. The van der Waals surface area contributed by atoms with E-state index in [-0.39, 0.29) is 5.91 Å². The van der Waals surface area contributed by atoms with E-state index in [2.05, 4.69) is 10.4 Å². The van der Waals surface area contributed by atoms with Crippen molar-refractivity contribution in [2.75, 3.05) is 0 Å². The van der Waals surface area contributed by atoms with Gasteiger partial charge in [-0.3, -0.25) is 9.48 Å². The highest BCUT2D eigenvalue weighted by atomic mass is 16.3. The van der Waals surface area contributed by atoms with Crippen LogP contribution in [0.4, 0.5) is 0 Å². The third kappa shape index (κ3) is 2.55. The van der Waals surface area contributed by atoms with Crippen LogP contribution < -0.4 is 5.32 Å². The summed E-state index contributed by atoms with van der Waals surface area (Å²) in [7, 11) is 0. The Labute approximate surface area is 99.4 Å². The lowest BCUT2D eigenvalue weighted by Crippen LogP contribution is -2.22. The van der Waals surface area contributed by atoms with Gasteiger partial charge in [-0.1, -0.05) is 0 Å². The van der Waals surface area contributed by atoms with E-state index in [4.69, 9.17) is 4.42 Å². The summed E-state index contributed by atoms with van der Waals surface area (Å²) in [6.07, 6.45) is 3.42. The number of amides is 1. The van der Waals surface area contributed by atoms with Gasteiger partial charge in [-0.25, -0.2) is 0 Å². The zero-order chi connectivity index (χ0) is 12.3. The Hall–Kier alpha value is -2.04. The molecule has 2 aromatic rings. The monoisotopic (exact) mass is 233 g/mol. The Morgan fingerprint density at radius 2 is 2.41 bits per heavy atom. The fourth-order valence-corrected chi connectivity index (χ4v) is 1.56. The molecule has 2 heterocycles. The van der Waals surface area contributed by atoms with Crippen molar-refractivity contribution in [3.8, 4) is 0 Å². The van der Waals surface area contributed by atoms with Crippen LogP contribution in [0.2, 0.25) is 0 Å². The lowest BCUT2D eigenvalue weighted by molar-refractivity contribution is 0.0923. The van der Waals surface area contributed by atoms with Crippen molar-refractivity contribution in [2.45, 2.75) is 26.9 Å². The second-order valence-corrected chi connectivity index (χ2v) is 3.76. The van der Waals surface area contributed by atoms with Gasteiger partial charge in [0.05, 0.1) is 12.0 Å². The van der Waals surface area contributed by atoms with Gasteiger partial charge in [-0.15, -0.1) is 0 Å². The first-order chi connectivity index (χ1) is 8.20. The highest BCUT2D eigenvalue weighted by molar-refractivity contribution is 5.91. The van der Waals surface area contributed by atoms with Crippen LogP contribution in [0.15, 0.2) is 29.0 Å². The first kappa shape index (κ1) is 11.4. The quantitative estimate of drug-likeness (QED) is 0.874. The summed E-state index contributed by atoms with van der Waals surface area (Å²) in [4.78, 5) is 11.6. The summed E-state index contributed by atoms with van der Waals surface area (Å²) >= 11 is 0. The van der Waals surface area contributed by atoms with E-state index in [1.807, 2.05) is 24.7 Å². The van der Waals surface area contributed by atoms with Gasteiger partial charge in [0.15, 0.2) is 5.76 Å². The van der Waals surface area contributed by atoms with Gasteiger partial charge in [0.25, 0.3) is 5.91 Å². The molecule has 1 amide bonds. The maximum atomic E-state index is 11.6. The van der Waals surface area contributed by atoms with Crippen LogP contribution in [0.3, 0.4) is 0 Å². The number of hydrogen-bond acceptors (Lipinski definition) is 3. The molecule has 0 saturated heterocycles. The SMILES string of the molecule is CCn1cc(CNC(=O)c2ccco2)c(C)n1. The minimum absolute atomic E-state index is 0.210. The molecule has 1 N–H and O–H groups in total. The Kier molecular flexibility index (Phi) is 3.27. The summed E-state index contributed by atoms with van der Waals surface area (Å²) in [5.41, 5.74) is 1.96. The summed E-state index contributed by atoms with van der Waals surface area (Å²) in [5.74, 6) is 0.115. The van der Waals surface area contributed by atoms with Crippen LogP contribution in [-0.2, 0) is 13.1 Å². The molecule has 5 heteroatoms. The van der Waals surface area contributed by atoms with Crippen LogP contribution in [0, 0.1) is 6.92 Å². The van der Waals surface area contributed by atoms with Crippen molar-refractivity contribution >= 4 is 5.91 Å². The molecule has 17 heavy (non-hydrogen) atoms. The number of rotatable bonds is 4. The van der Waals surface area contributed by atoms with E-state index in [1.165, 1.54) is 6.26 Å². The second kappa shape index (κ2) is 4.86. The van der Waals surface area contributed by atoms with Gasteiger partial charge < -0.3 is 9.73 Å². The van der Waals surface area contributed by atoms with Crippen LogP contribution in [0.5, 0.6) is 0 Å². The highest BCUT2D eigenvalue weighted by Crippen LogP contribution is 2.06. The summed E-state index contributed by atoms with van der Waals surface area (Å²) in [6, 6.07) is 3.33. The predicted octanol–water partition coefficient (Wildman–Crippen LogP) is 1.73. The largest absolute Gasteiger partial charge is 0.459 e. The summed E-state index contributed by atoms with van der Waals surface area (Å²) < 4.78 is 6.86. The maximum Gasteiger partial charge on any atom is 0.287 e. The van der Waals surface area contributed by atoms with Gasteiger partial charge >= 0.3 is 0 Å². The van der Waals surface area contributed by atoms with Crippen molar-refractivity contribution in [3.05, 3.63) is 41.6 Å². The van der Waals surface area contributed by atoms with Crippen molar-refractivity contribution in [1.82, 2.24) is 15.1 Å². The Bertz CT molecular complexity index is 500. The minimum atomic E-state index is -0.210. The number of nitrogens with zero attached hydrogens (tertiary/aromatic N) is 2. The minimum Gasteiger partial charge on any atom is -0.459 e. The van der Waals surface area contributed by atoms with Crippen molar-refractivity contribution in [3.63, 3.8) is 0 Å². The topological polar surface area (TPSA) is 60.1 Å². The van der Waals surface area contributed by atoms with E-state index in [0.29, 0.717) is 12.3 Å². The van der Waals surface area contributed by atoms with Gasteiger partial charge in [-0.2, -0.15) is 5.10 Å². The highest BCUT2D eigenvalue weighted by Gasteiger charge is 2.09. The van der Waals surface area contributed by atoms with E-state index < -0.39 is 0 Å². The Morgan fingerprint density at radius 3 is 3.00 bits per heavy atom. The smallest absolute Gasteiger partial charge is 0.287 e. The van der Waals surface area contributed by atoms with Crippen LogP contribution in [0.25, 0.3) is 0 Å². The van der Waals surface area contributed by atoms with E-state index in [9.17, 15) is 4.79 Å². The maximum absolute atomic E-state index is 11.6. The van der Waals surface area contributed by atoms with Crippen molar-refractivity contribution in [1.29, 1.82) is 0 Å².